The second-order valence-electron chi connectivity index (χ2n) is 6.93. The van der Waals surface area contributed by atoms with Crippen molar-refractivity contribution in [3.63, 3.8) is 0 Å². The third-order valence-electron chi connectivity index (χ3n) is 4.15. The van der Waals surface area contributed by atoms with Crippen LogP contribution in [0.15, 0.2) is 53.1 Å². The lowest BCUT2D eigenvalue weighted by atomic mass is 10.1. The highest BCUT2D eigenvalue weighted by molar-refractivity contribution is 6.30. The zero-order valence-electron chi connectivity index (χ0n) is 17.6. The van der Waals surface area contributed by atoms with E-state index in [1.54, 1.807) is 6.07 Å². The molecule has 0 atom stereocenters. The minimum absolute atomic E-state index is 0.0347. The fourth-order valence-corrected chi connectivity index (χ4v) is 2.90. The molecule has 0 saturated carbocycles. The normalized spacial score (nSPS) is 12.1. The molecule has 13 heteroatoms. The number of alkyl halides is 5. The van der Waals surface area contributed by atoms with E-state index in [-0.39, 0.29) is 21.9 Å². The first-order valence-corrected chi connectivity index (χ1v) is 9.60. The lowest BCUT2D eigenvalue weighted by molar-refractivity contribution is -0.142. The fraction of sp³-hybridized carbons (Fsp3) is 0.238. The van der Waals surface area contributed by atoms with Gasteiger partial charge < -0.3 is 10.1 Å². The predicted molar refractivity (Wildman–Crippen MR) is 112 cm³/mol. The molecule has 0 saturated heterocycles. The molecule has 1 aromatic carbocycles. The minimum Gasteiger partial charge on any atom is -0.449 e. The van der Waals surface area contributed by atoms with Gasteiger partial charge in [-0.1, -0.05) is 18.2 Å². The number of nitrogens with zero attached hydrogens (tertiary/aromatic N) is 3. The van der Waals surface area contributed by atoms with E-state index in [4.69, 9.17) is 21.6 Å². The highest BCUT2D eigenvalue weighted by Gasteiger charge is 2.39. The van der Waals surface area contributed by atoms with Crippen molar-refractivity contribution in [1.29, 1.82) is 5.26 Å². The topological polar surface area (TPSA) is 97.0 Å². The predicted octanol–water partition coefficient (Wildman–Crippen LogP) is 4.46. The Hall–Kier alpha value is -3.72. The number of carbonyl (C=O) groups excluding carboxylic acids is 1. The third-order valence-corrected chi connectivity index (χ3v) is 4.37. The maximum absolute atomic E-state index is 13.8. The van der Waals surface area contributed by atoms with E-state index in [1.165, 1.54) is 6.07 Å². The number of nitrogens with one attached hydrogen (secondary N) is 1. The Morgan fingerprint density at radius 3 is 2.50 bits per heavy atom. The Labute approximate surface area is 194 Å². The van der Waals surface area contributed by atoms with Crippen LogP contribution in [-0.2, 0) is 17.5 Å². The molecular formula is C21H16ClF5N4O3. The van der Waals surface area contributed by atoms with Gasteiger partial charge in [-0.2, -0.15) is 18.4 Å². The first-order chi connectivity index (χ1) is 15.7. The zero-order valence-corrected chi connectivity index (χ0v) is 18.4. The second kappa shape index (κ2) is 10.0. The van der Waals surface area contributed by atoms with Gasteiger partial charge in [0, 0.05) is 19.0 Å². The summed E-state index contributed by atoms with van der Waals surface area (Å²) in [7, 11) is 1.13. The van der Waals surface area contributed by atoms with Crippen molar-refractivity contribution in [2.75, 3.05) is 7.05 Å². The van der Waals surface area contributed by atoms with E-state index in [0.717, 1.165) is 25.3 Å². The summed E-state index contributed by atoms with van der Waals surface area (Å²) >= 11 is 5.82. The van der Waals surface area contributed by atoms with Crippen LogP contribution in [0.25, 0.3) is 0 Å². The van der Waals surface area contributed by atoms with Crippen LogP contribution in [0.5, 0.6) is 11.5 Å². The summed E-state index contributed by atoms with van der Waals surface area (Å²) in [5.41, 5.74) is -4.18. The van der Waals surface area contributed by atoms with Gasteiger partial charge in [-0.25, -0.2) is 13.8 Å². The summed E-state index contributed by atoms with van der Waals surface area (Å²) in [6.45, 7) is 3.37. The van der Waals surface area contributed by atoms with E-state index in [1.807, 2.05) is 5.32 Å². The van der Waals surface area contributed by atoms with Crippen molar-refractivity contribution >= 4 is 17.5 Å². The van der Waals surface area contributed by atoms with Gasteiger partial charge in [0.25, 0.3) is 17.4 Å². The molecule has 1 amide bonds. The van der Waals surface area contributed by atoms with Gasteiger partial charge in [0.2, 0.25) is 5.75 Å². The van der Waals surface area contributed by atoms with Crippen molar-refractivity contribution < 1.29 is 31.5 Å². The van der Waals surface area contributed by atoms with E-state index in [9.17, 15) is 31.5 Å². The summed E-state index contributed by atoms with van der Waals surface area (Å²) in [4.78, 5) is 27.8. The number of amides is 1. The number of aromatic nitrogens is 2. The molecule has 7 nitrogen and oxygen atoms in total. The number of benzene rings is 1. The Morgan fingerprint density at radius 2 is 1.97 bits per heavy atom. The lowest BCUT2D eigenvalue weighted by Crippen LogP contribution is -2.30. The Bertz CT molecular complexity index is 1260. The number of nitriles is 1. The Morgan fingerprint density at radius 1 is 1.32 bits per heavy atom. The largest absolute Gasteiger partial charge is 0.449 e. The molecule has 1 aromatic heterocycles. The molecule has 0 fully saturated rings. The molecule has 0 aliphatic heterocycles. The molecule has 1 N–H and O–H groups in total. The molecule has 2 rings (SSSR count). The van der Waals surface area contributed by atoms with Gasteiger partial charge in [0.1, 0.15) is 5.75 Å². The van der Waals surface area contributed by atoms with Crippen LogP contribution in [0.1, 0.15) is 18.2 Å². The molecule has 0 aliphatic rings. The zero-order chi connectivity index (χ0) is 25.8. The summed E-state index contributed by atoms with van der Waals surface area (Å²) in [6, 6.07) is 5.11. The van der Waals surface area contributed by atoms with Gasteiger partial charge in [-0.15, -0.1) is 0 Å². The van der Waals surface area contributed by atoms with Crippen LogP contribution < -0.4 is 15.6 Å². The fourth-order valence-electron chi connectivity index (χ4n) is 2.68. The summed E-state index contributed by atoms with van der Waals surface area (Å²) in [6.07, 6.45) is -3.82. The standard InChI is InChI=1S/C21H16ClF5N4O3/c1-11(4-15(18(32)29-3)20(2,23)24)9-31-10-30-17(21(25,26)27)16(19(31)33)34-14-6-12(8-28)5-13(22)7-14/h4-7,10H,1,9H2,2-3H3,(H,29,32)/b15-4+. The van der Waals surface area contributed by atoms with E-state index >= 15 is 0 Å². The minimum atomic E-state index is -5.09. The number of rotatable bonds is 7. The van der Waals surface area contributed by atoms with Gasteiger partial charge in [0.15, 0.2) is 5.69 Å². The highest BCUT2D eigenvalue weighted by Crippen LogP contribution is 2.35. The van der Waals surface area contributed by atoms with Crippen LogP contribution >= 0.6 is 11.6 Å². The van der Waals surface area contributed by atoms with Crippen molar-refractivity contribution in [2.45, 2.75) is 25.6 Å². The maximum Gasteiger partial charge on any atom is 0.437 e. The molecule has 0 aliphatic carbocycles. The monoisotopic (exact) mass is 502 g/mol. The highest BCUT2D eigenvalue weighted by atomic mass is 35.5. The summed E-state index contributed by atoms with van der Waals surface area (Å²) in [5.74, 6) is -6.24. The van der Waals surface area contributed by atoms with Crippen molar-refractivity contribution in [3.8, 4) is 17.6 Å². The SMILES string of the molecule is C=C(/C=C(\C(=O)NC)C(C)(F)F)Cn1cnc(C(F)(F)F)c(Oc2cc(Cl)cc(C#N)c2)c1=O. The molecule has 34 heavy (non-hydrogen) atoms. The first-order valence-electron chi connectivity index (χ1n) is 9.22. The smallest absolute Gasteiger partial charge is 0.437 e. The second-order valence-corrected chi connectivity index (χ2v) is 7.36. The third kappa shape index (κ3) is 6.41. The van der Waals surface area contributed by atoms with Crippen LogP contribution in [0.4, 0.5) is 22.0 Å². The molecule has 0 radical (unpaired) electrons. The number of carbonyl (C=O) groups is 1. The molecule has 0 spiro atoms. The Kier molecular flexibility index (Phi) is 7.84. The average molecular weight is 503 g/mol. The maximum atomic E-state index is 13.8. The molecule has 0 unspecified atom stereocenters. The average Bonchev–Trinajstić information content (AvgIpc) is 2.72. The van der Waals surface area contributed by atoms with Gasteiger partial charge >= 0.3 is 6.18 Å². The van der Waals surface area contributed by atoms with E-state index in [0.29, 0.717) is 17.8 Å². The van der Waals surface area contributed by atoms with Crippen molar-refractivity contribution in [1.82, 2.24) is 14.9 Å². The Balaban J connectivity index is 2.55. The lowest BCUT2D eigenvalue weighted by Gasteiger charge is -2.16. The van der Waals surface area contributed by atoms with E-state index in [2.05, 4.69) is 11.6 Å². The van der Waals surface area contributed by atoms with Crippen LogP contribution in [-0.4, -0.2) is 28.4 Å². The van der Waals surface area contributed by atoms with Crippen LogP contribution in [0.2, 0.25) is 5.02 Å². The van der Waals surface area contributed by atoms with Crippen molar-refractivity contribution in [2.24, 2.45) is 0 Å². The molecule has 180 valence electrons. The van der Waals surface area contributed by atoms with Crippen LogP contribution in [0, 0.1) is 11.3 Å². The van der Waals surface area contributed by atoms with E-state index < -0.39 is 47.1 Å². The summed E-state index contributed by atoms with van der Waals surface area (Å²) < 4.78 is 73.6. The number of likely N-dealkylation sites (N-methyl/N-ethyl adjacent to an activating group) is 1. The number of halogens is 6. The number of hydrogen-bond acceptors (Lipinski definition) is 5. The molecule has 2 aromatic rings. The van der Waals surface area contributed by atoms with Crippen molar-refractivity contribution in [3.05, 3.63) is 75.0 Å². The number of allylic oxidation sites excluding steroid dienone is 2. The van der Waals surface area contributed by atoms with Gasteiger partial charge in [-0.05, 0) is 29.8 Å². The quantitative estimate of drug-likeness (QED) is 0.342. The van der Waals surface area contributed by atoms with Gasteiger partial charge in [0.05, 0.1) is 30.1 Å². The van der Waals surface area contributed by atoms with Crippen LogP contribution in [0.3, 0.4) is 0 Å². The first kappa shape index (κ1) is 26.5. The summed E-state index contributed by atoms with van der Waals surface area (Å²) in [5, 5.41) is 11.0. The number of ether oxygens (including phenoxy) is 1. The molecule has 1 heterocycles. The number of hydrogen-bond donors (Lipinski definition) is 1. The van der Waals surface area contributed by atoms with Gasteiger partial charge in [-0.3, -0.25) is 14.2 Å². The molecule has 0 bridgehead atoms. The molecular weight excluding hydrogens is 487 g/mol.